The van der Waals surface area contributed by atoms with E-state index in [0.717, 1.165) is 0 Å². The quantitative estimate of drug-likeness (QED) is 0.650. The molecule has 0 rings (SSSR count). The minimum Gasteiger partial charge on any atom is -0.298 e. The van der Waals surface area contributed by atoms with E-state index in [-0.39, 0.29) is 16.3 Å². The third kappa shape index (κ3) is 3.14. The third-order valence-electron chi connectivity index (χ3n) is 1.61. The van der Waals surface area contributed by atoms with Gasteiger partial charge in [0.2, 0.25) is 0 Å². The Bertz CT molecular complexity index is 163. The van der Waals surface area contributed by atoms with Gasteiger partial charge in [0, 0.05) is 22.5 Å². The normalized spacial score (nSPS) is 16.5. The molecule has 0 aromatic carbocycles. The summed E-state index contributed by atoms with van der Waals surface area (Å²) in [5.41, 5.74) is 0. The van der Waals surface area contributed by atoms with E-state index in [4.69, 9.17) is 0 Å². The van der Waals surface area contributed by atoms with E-state index in [1.807, 2.05) is 13.8 Å². The van der Waals surface area contributed by atoms with Crippen molar-refractivity contribution >= 4 is 16.6 Å². The van der Waals surface area contributed by atoms with E-state index < -0.39 is 10.8 Å². The number of hydrogen-bond acceptors (Lipinski definition) is 2. The van der Waals surface area contributed by atoms with Crippen molar-refractivity contribution in [2.75, 3.05) is 0 Å². The molecule has 2 atom stereocenters. The molecule has 0 saturated carbocycles. The van der Waals surface area contributed by atoms with Crippen molar-refractivity contribution in [3.05, 3.63) is 0 Å². The average Bonchev–Trinajstić information content (AvgIpc) is 2.00. The van der Waals surface area contributed by atoms with Gasteiger partial charge in [-0.15, -0.1) is 0 Å². The van der Waals surface area contributed by atoms with Crippen LogP contribution in [-0.2, 0) is 15.6 Å². The number of carbonyl (C=O) groups excluding carboxylic acids is 1. The number of Topliss-reactive ketones (excluding diaryl/α,β-unsaturated/α-hetero) is 1. The second-order valence-corrected chi connectivity index (χ2v) is 5.15. The average molecular weight is 176 g/mol. The van der Waals surface area contributed by atoms with Gasteiger partial charge in [-0.3, -0.25) is 9.00 Å². The summed E-state index contributed by atoms with van der Waals surface area (Å²) >= 11 is 0. The lowest BCUT2D eigenvalue weighted by Gasteiger charge is -2.11. The Morgan fingerprint density at radius 1 is 1.36 bits per heavy atom. The molecule has 0 heterocycles. The molecule has 0 aliphatic heterocycles. The van der Waals surface area contributed by atoms with Crippen molar-refractivity contribution < 1.29 is 9.00 Å². The van der Waals surface area contributed by atoms with Crippen molar-refractivity contribution in [3.8, 4) is 0 Å². The molecule has 0 aliphatic rings. The van der Waals surface area contributed by atoms with E-state index in [1.165, 1.54) is 0 Å². The highest BCUT2D eigenvalue weighted by Gasteiger charge is 2.19. The maximum atomic E-state index is 11.3. The second kappa shape index (κ2) is 4.65. The summed E-state index contributed by atoms with van der Waals surface area (Å²) in [6, 6.07) is 0. The van der Waals surface area contributed by atoms with Gasteiger partial charge in [-0.05, 0) is 6.92 Å². The van der Waals surface area contributed by atoms with Crippen molar-refractivity contribution in [2.45, 2.75) is 44.6 Å². The van der Waals surface area contributed by atoms with Gasteiger partial charge in [-0.25, -0.2) is 0 Å². The first kappa shape index (κ1) is 10.8. The Hall–Kier alpha value is -0.180. The summed E-state index contributed by atoms with van der Waals surface area (Å²) in [5.74, 6) is 0.0945. The monoisotopic (exact) mass is 176 g/mol. The SMILES string of the molecule is CCC(=O)C(C)S(=O)C(C)C. The summed E-state index contributed by atoms with van der Waals surface area (Å²) in [6.45, 7) is 7.28. The maximum Gasteiger partial charge on any atom is 0.147 e. The van der Waals surface area contributed by atoms with Crippen LogP contribution >= 0.6 is 0 Å². The molecule has 0 amide bonds. The van der Waals surface area contributed by atoms with Crippen LogP contribution in [0, 0.1) is 0 Å². The molecule has 3 heteroatoms. The highest BCUT2D eigenvalue weighted by Crippen LogP contribution is 2.05. The van der Waals surface area contributed by atoms with Crippen LogP contribution < -0.4 is 0 Å². The minimum atomic E-state index is -0.996. The van der Waals surface area contributed by atoms with E-state index in [0.29, 0.717) is 6.42 Å². The van der Waals surface area contributed by atoms with Gasteiger partial charge in [0.05, 0.1) is 5.25 Å². The number of carbonyl (C=O) groups is 1. The van der Waals surface area contributed by atoms with Crippen LogP contribution in [0.5, 0.6) is 0 Å². The molecular weight excluding hydrogens is 160 g/mol. The van der Waals surface area contributed by atoms with E-state index in [9.17, 15) is 9.00 Å². The molecule has 0 aromatic rings. The predicted molar refractivity (Wildman–Crippen MR) is 48.0 cm³/mol. The first-order valence-electron chi connectivity index (χ1n) is 3.92. The van der Waals surface area contributed by atoms with Crippen molar-refractivity contribution in [1.29, 1.82) is 0 Å². The standard InChI is InChI=1S/C8H16O2S/c1-5-8(9)7(4)11(10)6(2)3/h6-7H,5H2,1-4H3. The number of ketones is 1. The van der Waals surface area contributed by atoms with Crippen LogP contribution in [0.25, 0.3) is 0 Å². The smallest absolute Gasteiger partial charge is 0.147 e. The minimum absolute atomic E-state index is 0.0838. The number of rotatable bonds is 4. The Kier molecular flexibility index (Phi) is 4.57. The fourth-order valence-electron chi connectivity index (χ4n) is 0.825. The summed E-state index contributed by atoms with van der Waals surface area (Å²) in [7, 11) is -0.996. The molecule has 0 saturated heterocycles. The van der Waals surface area contributed by atoms with Crippen molar-refractivity contribution in [3.63, 3.8) is 0 Å². The fraction of sp³-hybridized carbons (Fsp3) is 0.875. The summed E-state index contributed by atoms with van der Waals surface area (Å²) in [5, 5.41) is -0.208. The summed E-state index contributed by atoms with van der Waals surface area (Å²) in [6.07, 6.45) is 0.486. The number of hydrogen-bond donors (Lipinski definition) is 0. The van der Waals surface area contributed by atoms with Crippen molar-refractivity contribution in [2.24, 2.45) is 0 Å². The molecule has 0 bridgehead atoms. The van der Waals surface area contributed by atoms with E-state index in [1.54, 1.807) is 13.8 Å². The molecule has 66 valence electrons. The Labute approximate surface area is 70.8 Å². The molecule has 0 N–H and O–H groups in total. The Morgan fingerprint density at radius 2 is 1.82 bits per heavy atom. The zero-order valence-corrected chi connectivity index (χ0v) is 8.40. The van der Waals surface area contributed by atoms with Gasteiger partial charge in [0.25, 0.3) is 0 Å². The molecule has 2 nitrogen and oxygen atoms in total. The molecular formula is C8H16O2S. The van der Waals surface area contributed by atoms with Gasteiger partial charge < -0.3 is 0 Å². The highest BCUT2D eigenvalue weighted by molar-refractivity contribution is 7.87. The van der Waals surface area contributed by atoms with Crippen LogP contribution in [0.1, 0.15) is 34.1 Å². The summed E-state index contributed by atoms with van der Waals surface area (Å²) < 4.78 is 11.3. The molecule has 0 radical (unpaired) electrons. The van der Waals surface area contributed by atoms with Gasteiger partial charge in [0.15, 0.2) is 0 Å². The zero-order valence-electron chi connectivity index (χ0n) is 7.59. The van der Waals surface area contributed by atoms with E-state index in [2.05, 4.69) is 0 Å². The lowest BCUT2D eigenvalue weighted by atomic mass is 10.2. The van der Waals surface area contributed by atoms with Crippen LogP contribution in [-0.4, -0.2) is 20.5 Å². The maximum absolute atomic E-state index is 11.3. The Morgan fingerprint density at radius 3 is 2.09 bits per heavy atom. The van der Waals surface area contributed by atoms with Gasteiger partial charge >= 0.3 is 0 Å². The van der Waals surface area contributed by atoms with Crippen LogP contribution in [0.15, 0.2) is 0 Å². The molecule has 11 heavy (non-hydrogen) atoms. The predicted octanol–water partition coefficient (Wildman–Crippen LogP) is 1.51. The molecule has 0 aromatic heterocycles. The van der Waals surface area contributed by atoms with Crippen LogP contribution in [0.4, 0.5) is 0 Å². The lowest BCUT2D eigenvalue weighted by molar-refractivity contribution is -0.118. The largest absolute Gasteiger partial charge is 0.298 e. The van der Waals surface area contributed by atoms with Gasteiger partial charge in [-0.2, -0.15) is 0 Å². The first-order valence-corrected chi connectivity index (χ1v) is 5.20. The second-order valence-electron chi connectivity index (χ2n) is 2.84. The first-order chi connectivity index (χ1) is 5.00. The van der Waals surface area contributed by atoms with Crippen LogP contribution in [0.2, 0.25) is 0 Å². The third-order valence-corrected chi connectivity index (χ3v) is 3.50. The highest BCUT2D eigenvalue weighted by atomic mass is 32.2. The summed E-state index contributed by atoms with van der Waals surface area (Å²) in [4.78, 5) is 11.1. The van der Waals surface area contributed by atoms with Crippen molar-refractivity contribution in [1.82, 2.24) is 0 Å². The molecule has 0 fully saturated rings. The van der Waals surface area contributed by atoms with Crippen LogP contribution in [0.3, 0.4) is 0 Å². The van der Waals surface area contributed by atoms with Gasteiger partial charge in [-0.1, -0.05) is 20.8 Å². The molecule has 2 unspecified atom stereocenters. The molecule has 0 aliphatic carbocycles. The topological polar surface area (TPSA) is 34.1 Å². The lowest BCUT2D eigenvalue weighted by Crippen LogP contribution is -2.26. The van der Waals surface area contributed by atoms with Gasteiger partial charge in [0.1, 0.15) is 5.78 Å². The Balaban J connectivity index is 4.13. The zero-order chi connectivity index (χ0) is 9.02. The molecule has 0 spiro atoms. The fourth-order valence-corrected chi connectivity index (χ4v) is 2.07. The van der Waals surface area contributed by atoms with E-state index >= 15 is 0 Å².